The van der Waals surface area contributed by atoms with Gasteiger partial charge in [-0.15, -0.1) is 0 Å². The van der Waals surface area contributed by atoms with Gasteiger partial charge < -0.3 is 15.2 Å². The molecular formula is C11H18N4OS. The zero-order chi connectivity index (χ0) is 12.1. The normalized spacial score (nSPS) is 19.2. The Morgan fingerprint density at radius 1 is 1.65 bits per heavy atom. The average Bonchev–Trinajstić information content (AvgIpc) is 2.95. The van der Waals surface area contributed by atoms with Gasteiger partial charge in [-0.1, -0.05) is 0 Å². The molecule has 94 valence electrons. The largest absolute Gasteiger partial charge is 0.337 e. The van der Waals surface area contributed by atoms with Crippen LogP contribution in [-0.4, -0.2) is 33.1 Å². The molecule has 1 saturated heterocycles. The van der Waals surface area contributed by atoms with Gasteiger partial charge >= 0.3 is 6.03 Å². The zero-order valence-electron chi connectivity index (χ0n) is 9.98. The van der Waals surface area contributed by atoms with E-state index in [1.54, 1.807) is 6.20 Å². The topological polar surface area (TPSA) is 59.0 Å². The van der Waals surface area contributed by atoms with E-state index < -0.39 is 0 Å². The Labute approximate surface area is 105 Å². The van der Waals surface area contributed by atoms with E-state index in [-0.39, 0.29) is 6.03 Å². The fraction of sp³-hybridized carbons (Fsp3) is 0.636. The predicted octanol–water partition coefficient (Wildman–Crippen LogP) is 1.11. The summed E-state index contributed by atoms with van der Waals surface area (Å²) in [6, 6.07) is -0.111. The smallest absolute Gasteiger partial charge is 0.315 e. The molecule has 0 spiro atoms. The van der Waals surface area contributed by atoms with E-state index in [1.807, 2.05) is 29.6 Å². The number of hydrogen-bond acceptors (Lipinski definition) is 3. The first-order chi connectivity index (χ1) is 8.25. The summed E-state index contributed by atoms with van der Waals surface area (Å²) >= 11 is 1.94. The lowest BCUT2D eigenvalue weighted by atomic mass is 10.2. The Morgan fingerprint density at radius 2 is 2.53 bits per heavy atom. The second kappa shape index (κ2) is 5.95. The molecular weight excluding hydrogens is 236 g/mol. The van der Waals surface area contributed by atoms with Crippen molar-refractivity contribution in [2.45, 2.75) is 24.6 Å². The third-order valence-electron chi connectivity index (χ3n) is 2.84. The van der Waals surface area contributed by atoms with Crippen LogP contribution in [0.3, 0.4) is 0 Å². The van der Waals surface area contributed by atoms with Crippen LogP contribution < -0.4 is 10.6 Å². The van der Waals surface area contributed by atoms with E-state index in [1.165, 1.54) is 18.6 Å². The maximum absolute atomic E-state index is 11.5. The summed E-state index contributed by atoms with van der Waals surface area (Å²) in [5.41, 5.74) is 0. The molecule has 17 heavy (non-hydrogen) atoms. The molecule has 5 nitrogen and oxygen atoms in total. The van der Waals surface area contributed by atoms with Gasteiger partial charge in [-0.25, -0.2) is 9.78 Å². The molecule has 1 aromatic rings. The number of carbonyl (C=O) groups excluding carboxylic acids is 1. The molecule has 2 amide bonds. The van der Waals surface area contributed by atoms with Crippen molar-refractivity contribution in [3.63, 3.8) is 0 Å². The molecule has 0 saturated carbocycles. The molecule has 1 fully saturated rings. The summed E-state index contributed by atoms with van der Waals surface area (Å²) in [5.74, 6) is 2.08. The first-order valence-electron chi connectivity index (χ1n) is 5.85. The minimum absolute atomic E-state index is 0.111. The van der Waals surface area contributed by atoms with Crippen LogP contribution in [0.1, 0.15) is 18.7 Å². The highest BCUT2D eigenvalue weighted by molar-refractivity contribution is 8.00. The van der Waals surface area contributed by atoms with E-state index in [0.717, 1.165) is 12.4 Å². The van der Waals surface area contributed by atoms with Gasteiger partial charge in [0.2, 0.25) is 0 Å². The van der Waals surface area contributed by atoms with Crippen molar-refractivity contribution in [2.75, 3.05) is 12.3 Å². The molecule has 6 heteroatoms. The standard InChI is InChI=1S/C11H18N4OS/c1-15-5-4-12-10(15)8-14-11(16)13-7-9-3-2-6-17-9/h4-5,9H,2-3,6-8H2,1H3,(H2,13,14,16)/t9-/m1/s1. The number of imidazole rings is 1. The molecule has 0 unspecified atom stereocenters. The highest BCUT2D eigenvalue weighted by Crippen LogP contribution is 2.25. The molecule has 1 aliphatic heterocycles. The first kappa shape index (κ1) is 12.3. The molecule has 2 rings (SSSR count). The maximum Gasteiger partial charge on any atom is 0.315 e. The number of carbonyl (C=O) groups is 1. The van der Waals surface area contributed by atoms with Crippen molar-refractivity contribution in [1.29, 1.82) is 0 Å². The summed E-state index contributed by atoms with van der Waals surface area (Å²) in [6.45, 7) is 1.23. The first-order valence-corrected chi connectivity index (χ1v) is 6.90. The van der Waals surface area contributed by atoms with E-state index in [4.69, 9.17) is 0 Å². The van der Waals surface area contributed by atoms with Crippen LogP contribution in [0.4, 0.5) is 4.79 Å². The number of nitrogens with one attached hydrogen (secondary N) is 2. The van der Waals surface area contributed by atoms with Gasteiger partial charge in [0, 0.05) is 31.2 Å². The quantitative estimate of drug-likeness (QED) is 0.846. The van der Waals surface area contributed by atoms with Crippen LogP contribution in [0, 0.1) is 0 Å². The van der Waals surface area contributed by atoms with Crippen molar-refractivity contribution < 1.29 is 4.79 Å². The van der Waals surface area contributed by atoms with Crippen LogP contribution in [-0.2, 0) is 13.6 Å². The van der Waals surface area contributed by atoms with Gasteiger partial charge in [-0.2, -0.15) is 11.8 Å². The van der Waals surface area contributed by atoms with Crippen molar-refractivity contribution in [3.8, 4) is 0 Å². The SMILES string of the molecule is Cn1ccnc1CNC(=O)NC[C@H]1CCCS1. The highest BCUT2D eigenvalue weighted by atomic mass is 32.2. The van der Waals surface area contributed by atoms with Crippen LogP contribution in [0.15, 0.2) is 12.4 Å². The van der Waals surface area contributed by atoms with Gasteiger partial charge in [0.15, 0.2) is 0 Å². The lowest BCUT2D eigenvalue weighted by Crippen LogP contribution is -2.38. The number of hydrogen-bond donors (Lipinski definition) is 2. The number of rotatable bonds is 4. The van der Waals surface area contributed by atoms with Gasteiger partial charge in [0.25, 0.3) is 0 Å². The molecule has 0 aliphatic carbocycles. The number of nitrogens with zero attached hydrogens (tertiary/aromatic N) is 2. The summed E-state index contributed by atoms with van der Waals surface area (Å²) in [5, 5.41) is 6.30. The van der Waals surface area contributed by atoms with Gasteiger partial charge in [-0.05, 0) is 18.6 Å². The summed E-state index contributed by atoms with van der Waals surface area (Å²) < 4.78 is 1.90. The molecule has 0 aromatic carbocycles. The van der Waals surface area contributed by atoms with Crippen molar-refractivity contribution >= 4 is 17.8 Å². The van der Waals surface area contributed by atoms with Crippen LogP contribution in [0.25, 0.3) is 0 Å². The summed E-state index contributed by atoms with van der Waals surface area (Å²) in [7, 11) is 1.91. The van der Waals surface area contributed by atoms with Crippen LogP contribution in [0.2, 0.25) is 0 Å². The lowest BCUT2D eigenvalue weighted by molar-refractivity contribution is 0.240. The van der Waals surface area contributed by atoms with E-state index in [0.29, 0.717) is 11.8 Å². The second-order valence-electron chi connectivity index (χ2n) is 4.15. The van der Waals surface area contributed by atoms with Crippen molar-refractivity contribution in [1.82, 2.24) is 20.2 Å². The van der Waals surface area contributed by atoms with Crippen LogP contribution in [0.5, 0.6) is 0 Å². The monoisotopic (exact) mass is 254 g/mol. The van der Waals surface area contributed by atoms with E-state index in [2.05, 4.69) is 15.6 Å². The molecule has 2 N–H and O–H groups in total. The van der Waals surface area contributed by atoms with Gasteiger partial charge in [0.05, 0.1) is 6.54 Å². The van der Waals surface area contributed by atoms with Gasteiger partial charge in [-0.3, -0.25) is 0 Å². The fourth-order valence-corrected chi connectivity index (χ4v) is 3.00. The number of aryl methyl sites for hydroxylation is 1. The van der Waals surface area contributed by atoms with Gasteiger partial charge in [0.1, 0.15) is 5.82 Å². The molecule has 2 heterocycles. The average molecular weight is 254 g/mol. The number of amides is 2. The van der Waals surface area contributed by atoms with Crippen LogP contribution >= 0.6 is 11.8 Å². The number of thioether (sulfide) groups is 1. The molecule has 0 radical (unpaired) electrons. The van der Waals surface area contributed by atoms with E-state index >= 15 is 0 Å². The number of aromatic nitrogens is 2. The Hall–Kier alpha value is -1.17. The molecule has 1 atom stereocenters. The molecule has 0 bridgehead atoms. The Morgan fingerprint density at radius 3 is 3.18 bits per heavy atom. The van der Waals surface area contributed by atoms with E-state index in [9.17, 15) is 4.79 Å². The lowest BCUT2D eigenvalue weighted by Gasteiger charge is -2.11. The van der Waals surface area contributed by atoms with Crippen molar-refractivity contribution in [3.05, 3.63) is 18.2 Å². The Kier molecular flexibility index (Phi) is 4.30. The summed E-state index contributed by atoms with van der Waals surface area (Å²) in [6.07, 6.45) is 6.07. The minimum Gasteiger partial charge on any atom is -0.337 e. The summed E-state index contributed by atoms with van der Waals surface area (Å²) in [4.78, 5) is 15.7. The second-order valence-corrected chi connectivity index (χ2v) is 5.56. The highest BCUT2D eigenvalue weighted by Gasteiger charge is 2.16. The molecule has 1 aromatic heterocycles. The predicted molar refractivity (Wildman–Crippen MR) is 68.9 cm³/mol. The van der Waals surface area contributed by atoms with Crippen molar-refractivity contribution in [2.24, 2.45) is 7.05 Å². The third-order valence-corrected chi connectivity index (χ3v) is 4.24. The maximum atomic E-state index is 11.5. The minimum atomic E-state index is -0.111. The Balaban J connectivity index is 1.65. The zero-order valence-corrected chi connectivity index (χ0v) is 10.8. The number of urea groups is 1. The third kappa shape index (κ3) is 3.66. The fourth-order valence-electron chi connectivity index (χ4n) is 1.80. The molecule has 1 aliphatic rings. The Bertz CT molecular complexity index is 373.